The van der Waals surface area contributed by atoms with Gasteiger partial charge in [-0.05, 0) is 24.3 Å². The number of aromatic nitrogens is 3. The van der Waals surface area contributed by atoms with E-state index in [1.165, 1.54) is 10.7 Å². The van der Waals surface area contributed by atoms with Gasteiger partial charge in [0, 0.05) is 11.2 Å². The summed E-state index contributed by atoms with van der Waals surface area (Å²) in [4.78, 5) is 0. The molecule has 0 bridgehead atoms. The number of halogens is 3. The standard InChI is InChI=1S/C13H10F3N4/c14-13(15,16)9-4-3-5-10(8-9)20-11-6-1-2-7-19(11)12(17)18-20/h1-8H,(H2,17,18)/q+1. The lowest BCUT2D eigenvalue weighted by Gasteiger charge is -2.06. The number of anilines is 1. The highest BCUT2D eigenvalue weighted by Crippen LogP contribution is 2.30. The SMILES string of the molecule is Nc1nn(-c2cccc(C(F)(F)F)c2)c2cccc[n+]12. The predicted octanol–water partition coefficient (Wildman–Crippen LogP) is 2.21. The maximum absolute atomic E-state index is 12.7. The molecule has 0 amide bonds. The first-order chi connectivity index (χ1) is 9.47. The lowest BCUT2D eigenvalue weighted by Crippen LogP contribution is -2.22. The van der Waals surface area contributed by atoms with Crippen LogP contribution in [0.5, 0.6) is 0 Å². The van der Waals surface area contributed by atoms with Crippen molar-refractivity contribution in [3.05, 3.63) is 54.2 Å². The molecule has 0 unspecified atom stereocenters. The normalized spacial score (nSPS) is 11.9. The van der Waals surface area contributed by atoms with E-state index >= 15 is 0 Å². The molecule has 0 radical (unpaired) electrons. The lowest BCUT2D eigenvalue weighted by molar-refractivity contribution is -0.495. The molecule has 0 atom stereocenters. The largest absolute Gasteiger partial charge is 0.416 e. The van der Waals surface area contributed by atoms with Crippen molar-refractivity contribution in [2.24, 2.45) is 0 Å². The molecule has 0 saturated heterocycles. The van der Waals surface area contributed by atoms with Crippen molar-refractivity contribution in [2.45, 2.75) is 6.18 Å². The third kappa shape index (κ3) is 1.97. The summed E-state index contributed by atoms with van der Waals surface area (Å²) in [6, 6.07) is 10.2. The van der Waals surface area contributed by atoms with Gasteiger partial charge in [-0.25, -0.2) is 0 Å². The molecule has 2 aromatic heterocycles. The van der Waals surface area contributed by atoms with E-state index in [4.69, 9.17) is 5.73 Å². The second kappa shape index (κ2) is 4.22. The highest BCUT2D eigenvalue weighted by atomic mass is 19.4. The number of alkyl halides is 3. The Balaban J connectivity index is 2.21. The van der Waals surface area contributed by atoms with Crippen LogP contribution in [0.15, 0.2) is 48.7 Å². The zero-order chi connectivity index (χ0) is 14.3. The topological polar surface area (TPSA) is 47.9 Å². The Labute approximate surface area is 111 Å². The summed E-state index contributed by atoms with van der Waals surface area (Å²) in [5.41, 5.74) is 5.92. The number of fused-ring (bicyclic) bond motifs is 1. The summed E-state index contributed by atoms with van der Waals surface area (Å²) in [6.07, 6.45) is -2.70. The molecule has 2 heterocycles. The molecule has 0 spiro atoms. The predicted molar refractivity (Wildman–Crippen MR) is 66.1 cm³/mol. The first-order valence-corrected chi connectivity index (χ1v) is 5.79. The zero-order valence-corrected chi connectivity index (χ0v) is 10.2. The van der Waals surface area contributed by atoms with E-state index in [0.29, 0.717) is 11.3 Å². The van der Waals surface area contributed by atoms with Crippen LogP contribution < -0.4 is 10.1 Å². The maximum Gasteiger partial charge on any atom is 0.416 e. The van der Waals surface area contributed by atoms with Gasteiger partial charge in [-0.3, -0.25) is 0 Å². The van der Waals surface area contributed by atoms with E-state index in [1.54, 1.807) is 34.9 Å². The molecule has 3 rings (SSSR count). The Hall–Kier alpha value is -2.57. The Morgan fingerprint density at radius 2 is 1.90 bits per heavy atom. The molecule has 0 fully saturated rings. The van der Waals surface area contributed by atoms with Crippen molar-refractivity contribution in [1.82, 2.24) is 9.78 Å². The van der Waals surface area contributed by atoms with Crippen LogP contribution in [-0.2, 0) is 6.18 Å². The fraction of sp³-hybridized carbons (Fsp3) is 0.0769. The number of nitrogens with zero attached hydrogens (tertiary/aromatic N) is 3. The van der Waals surface area contributed by atoms with Gasteiger partial charge < -0.3 is 5.73 Å². The van der Waals surface area contributed by atoms with E-state index in [-0.39, 0.29) is 5.95 Å². The Morgan fingerprint density at radius 1 is 1.10 bits per heavy atom. The second-order valence-corrected chi connectivity index (χ2v) is 4.25. The van der Waals surface area contributed by atoms with Crippen LogP contribution in [0.3, 0.4) is 0 Å². The van der Waals surface area contributed by atoms with E-state index < -0.39 is 11.7 Å². The van der Waals surface area contributed by atoms with E-state index in [1.807, 2.05) is 0 Å². The average molecular weight is 279 g/mol. The third-order valence-corrected chi connectivity index (χ3v) is 2.92. The van der Waals surface area contributed by atoms with Crippen LogP contribution in [0.4, 0.5) is 19.1 Å². The van der Waals surface area contributed by atoms with Crippen LogP contribution in [0.25, 0.3) is 11.3 Å². The average Bonchev–Trinajstić information content (AvgIpc) is 2.76. The minimum absolute atomic E-state index is 0.206. The molecule has 0 aliphatic carbocycles. The van der Waals surface area contributed by atoms with Gasteiger partial charge in [0.25, 0.3) is 0 Å². The number of hydrogen-bond acceptors (Lipinski definition) is 2. The van der Waals surface area contributed by atoms with Crippen LogP contribution in [0, 0.1) is 0 Å². The summed E-state index contributed by atoms with van der Waals surface area (Å²) in [5.74, 6) is 0.206. The van der Waals surface area contributed by atoms with Crippen LogP contribution in [0.1, 0.15) is 5.56 Å². The summed E-state index contributed by atoms with van der Waals surface area (Å²) in [5, 5.41) is 4.07. The molecule has 0 aliphatic heterocycles. The minimum atomic E-state index is -4.39. The molecule has 102 valence electrons. The Morgan fingerprint density at radius 3 is 2.65 bits per heavy atom. The fourth-order valence-corrected chi connectivity index (χ4v) is 2.01. The van der Waals surface area contributed by atoms with Crippen LogP contribution in [-0.4, -0.2) is 9.78 Å². The van der Waals surface area contributed by atoms with Crippen molar-refractivity contribution in [3.8, 4) is 5.69 Å². The van der Waals surface area contributed by atoms with E-state index in [9.17, 15) is 13.2 Å². The van der Waals surface area contributed by atoms with Gasteiger partial charge in [0.1, 0.15) is 5.69 Å². The first kappa shape index (κ1) is 12.5. The number of rotatable bonds is 1. The molecule has 0 saturated carbocycles. The lowest BCUT2D eigenvalue weighted by atomic mass is 10.2. The molecular formula is C13H10F3N4+. The molecule has 7 heteroatoms. The summed E-state index contributed by atoms with van der Waals surface area (Å²) < 4.78 is 41.2. The zero-order valence-electron chi connectivity index (χ0n) is 10.2. The summed E-state index contributed by atoms with van der Waals surface area (Å²) in [6.45, 7) is 0. The van der Waals surface area contributed by atoms with Crippen LogP contribution in [0.2, 0.25) is 0 Å². The van der Waals surface area contributed by atoms with Crippen molar-refractivity contribution in [2.75, 3.05) is 5.73 Å². The smallest absolute Gasteiger partial charge is 0.305 e. The second-order valence-electron chi connectivity index (χ2n) is 4.25. The summed E-state index contributed by atoms with van der Waals surface area (Å²) in [7, 11) is 0. The number of hydrogen-bond donors (Lipinski definition) is 1. The third-order valence-electron chi connectivity index (χ3n) is 2.92. The van der Waals surface area contributed by atoms with E-state index in [2.05, 4.69) is 5.10 Å². The molecule has 20 heavy (non-hydrogen) atoms. The Kier molecular flexibility index (Phi) is 2.63. The molecule has 3 aromatic rings. The maximum atomic E-state index is 12.7. The number of pyridine rings is 1. The van der Waals surface area contributed by atoms with Gasteiger partial charge in [-0.15, -0.1) is 4.68 Å². The van der Waals surface area contributed by atoms with Gasteiger partial charge in [0.15, 0.2) is 0 Å². The molecule has 2 N–H and O–H groups in total. The van der Waals surface area contributed by atoms with Gasteiger partial charge in [0.05, 0.1) is 11.8 Å². The van der Waals surface area contributed by atoms with Crippen LogP contribution >= 0.6 is 0 Å². The Bertz CT molecular complexity index is 777. The van der Waals surface area contributed by atoms with Crippen molar-refractivity contribution in [3.63, 3.8) is 0 Å². The molecule has 4 nitrogen and oxygen atoms in total. The number of nitrogen functional groups attached to an aromatic ring is 1. The fourth-order valence-electron chi connectivity index (χ4n) is 2.01. The number of benzene rings is 1. The first-order valence-electron chi connectivity index (χ1n) is 5.79. The van der Waals surface area contributed by atoms with Gasteiger partial charge in [-0.2, -0.15) is 17.6 Å². The molecule has 0 aliphatic rings. The van der Waals surface area contributed by atoms with Gasteiger partial charge in [0.2, 0.25) is 5.65 Å². The monoisotopic (exact) mass is 279 g/mol. The minimum Gasteiger partial charge on any atom is -0.305 e. The summed E-state index contributed by atoms with van der Waals surface area (Å²) >= 11 is 0. The van der Waals surface area contributed by atoms with E-state index in [0.717, 1.165) is 12.1 Å². The highest BCUT2D eigenvalue weighted by Gasteiger charge is 2.31. The molecule has 1 aromatic carbocycles. The van der Waals surface area contributed by atoms with Crippen molar-refractivity contribution < 1.29 is 17.6 Å². The highest BCUT2D eigenvalue weighted by molar-refractivity contribution is 5.45. The van der Waals surface area contributed by atoms with Gasteiger partial charge >= 0.3 is 12.1 Å². The van der Waals surface area contributed by atoms with Crippen molar-refractivity contribution in [1.29, 1.82) is 0 Å². The number of nitrogens with two attached hydrogens (primary N) is 1. The molecular weight excluding hydrogens is 269 g/mol. The van der Waals surface area contributed by atoms with Crippen molar-refractivity contribution >= 4 is 11.6 Å². The van der Waals surface area contributed by atoms with Gasteiger partial charge in [-0.1, -0.05) is 12.1 Å². The quantitative estimate of drug-likeness (QED) is 0.694.